The molecule has 15 N–H and O–H groups in total. The molecule has 0 radical (unpaired) electrons. The van der Waals surface area contributed by atoms with Crippen LogP contribution in [0, 0.1) is 22.2 Å². The molecule has 0 saturated carbocycles. The van der Waals surface area contributed by atoms with Crippen LogP contribution in [-0.4, -0.2) is 172 Å². The van der Waals surface area contributed by atoms with Crippen molar-refractivity contribution in [2.24, 2.45) is 22.2 Å². The molecular formula is C39H76O16. The molecule has 0 aliphatic carbocycles. The van der Waals surface area contributed by atoms with Crippen LogP contribution in [0.4, 0.5) is 0 Å². The fourth-order valence-corrected chi connectivity index (χ4v) is 9.03. The molecule has 16 nitrogen and oxygen atoms in total. The van der Waals surface area contributed by atoms with Crippen LogP contribution in [0.5, 0.6) is 0 Å². The maximum absolute atomic E-state index is 14.0. The van der Waals surface area contributed by atoms with E-state index in [4.69, 9.17) is 0 Å². The van der Waals surface area contributed by atoms with Crippen LogP contribution in [0.15, 0.2) is 12.2 Å². The van der Waals surface area contributed by atoms with E-state index in [1.165, 1.54) is 12.8 Å². The molecule has 0 saturated heterocycles. The minimum atomic E-state index is -2.66. The van der Waals surface area contributed by atoms with Crippen molar-refractivity contribution in [1.82, 2.24) is 0 Å². The highest BCUT2D eigenvalue weighted by Gasteiger charge is 2.69. The van der Waals surface area contributed by atoms with Crippen LogP contribution >= 0.6 is 0 Å². The molecule has 16 heteroatoms. The summed E-state index contributed by atoms with van der Waals surface area (Å²) in [5.41, 5.74) is -7.14. The number of carboxylic acid groups (broad SMARTS) is 1. The molecule has 0 bridgehead atoms. The first kappa shape index (κ1) is 53.6. The third-order valence-electron chi connectivity index (χ3n) is 11.4. The van der Waals surface area contributed by atoms with E-state index < -0.39 is 156 Å². The van der Waals surface area contributed by atoms with Crippen LogP contribution in [0.3, 0.4) is 0 Å². The standard InChI is InChI=1S/C39H76O16/c1-2-3-4-5-6-7-8-9-10-11-12-13-28(14-29(47)21-40)37(15-30(48)22-41,16-31(49)23-42)39(19-34(52)26-45,20-35(53)27-46)38(36(54)55,17-32(50)24-43)18-33(51)25-44/h9-10,28-35,40-53H,2-8,11-27H2,1H3,(H,54,55)/b10-9-. The molecule has 0 rings (SSSR count). The minimum absolute atomic E-state index is 0.0573. The van der Waals surface area contributed by atoms with Crippen molar-refractivity contribution in [3.8, 4) is 0 Å². The summed E-state index contributed by atoms with van der Waals surface area (Å²) >= 11 is 0. The maximum atomic E-state index is 14.0. The van der Waals surface area contributed by atoms with Crippen LogP contribution < -0.4 is 0 Å². The quantitative estimate of drug-likeness (QED) is 0.0276. The minimum Gasteiger partial charge on any atom is -0.481 e. The number of hydrogen-bond donors (Lipinski definition) is 15. The molecule has 55 heavy (non-hydrogen) atoms. The van der Waals surface area contributed by atoms with Crippen molar-refractivity contribution in [2.75, 3.05) is 46.2 Å². The second-order valence-electron chi connectivity index (χ2n) is 15.6. The lowest BCUT2D eigenvalue weighted by molar-refractivity contribution is -0.229. The van der Waals surface area contributed by atoms with E-state index in [0.717, 1.165) is 32.1 Å². The van der Waals surface area contributed by atoms with E-state index >= 15 is 0 Å². The van der Waals surface area contributed by atoms with Gasteiger partial charge < -0.3 is 76.6 Å². The zero-order valence-corrected chi connectivity index (χ0v) is 32.9. The Morgan fingerprint density at radius 1 is 0.491 bits per heavy atom. The molecule has 0 aliphatic rings. The van der Waals surface area contributed by atoms with Crippen LogP contribution in [0.2, 0.25) is 0 Å². The molecule has 0 amide bonds. The van der Waals surface area contributed by atoms with Gasteiger partial charge in [-0.05, 0) is 93.8 Å². The lowest BCUT2D eigenvalue weighted by atomic mass is 9.39. The summed E-state index contributed by atoms with van der Waals surface area (Å²) in [5.74, 6) is -2.90. The highest BCUT2D eigenvalue weighted by Crippen LogP contribution is 2.68. The fourth-order valence-electron chi connectivity index (χ4n) is 9.03. The Morgan fingerprint density at radius 3 is 1.25 bits per heavy atom. The van der Waals surface area contributed by atoms with Crippen LogP contribution in [0.1, 0.15) is 116 Å². The number of aliphatic hydroxyl groups is 14. The van der Waals surface area contributed by atoms with Gasteiger partial charge in [-0.2, -0.15) is 0 Å². The second-order valence-corrected chi connectivity index (χ2v) is 15.6. The normalized spacial score (nSPS) is 20.1. The monoisotopic (exact) mass is 801 g/mol. The second kappa shape index (κ2) is 29.0. The molecule has 0 spiro atoms. The maximum Gasteiger partial charge on any atom is 0.310 e. The summed E-state index contributed by atoms with van der Waals surface area (Å²) < 4.78 is 0. The molecular weight excluding hydrogens is 724 g/mol. The van der Waals surface area contributed by atoms with Crippen molar-refractivity contribution < 1.29 is 81.4 Å². The van der Waals surface area contributed by atoms with Crippen molar-refractivity contribution >= 4 is 5.97 Å². The first-order chi connectivity index (χ1) is 26.1. The van der Waals surface area contributed by atoms with Gasteiger partial charge in [-0.1, -0.05) is 51.2 Å². The van der Waals surface area contributed by atoms with E-state index in [2.05, 4.69) is 6.92 Å². The first-order valence-electron chi connectivity index (χ1n) is 20.0. The smallest absolute Gasteiger partial charge is 0.310 e. The van der Waals surface area contributed by atoms with Gasteiger partial charge in [0.05, 0.1) is 94.4 Å². The Balaban J connectivity index is 8.25. The van der Waals surface area contributed by atoms with Crippen LogP contribution in [-0.2, 0) is 4.79 Å². The van der Waals surface area contributed by atoms with Gasteiger partial charge in [0.25, 0.3) is 0 Å². The molecule has 8 unspecified atom stereocenters. The third-order valence-corrected chi connectivity index (χ3v) is 11.4. The van der Waals surface area contributed by atoms with E-state index in [1.54, 1.807) is 0 Å². The summed E-state index contributed by atoms with van der Waals surface area (Å²) in [6.07, 6.45) is -5.20. The highest BCUT2D eigenvalue weighted by molar-refractivity contribution is 5.76. The Labute approximate surface area is 326 Å². The Hall–Kier alpha value is -1.35. The van der Waals surface area contributed by atoms with Gasteiger partial charge in [-0.25, -0.2) is 0 Å². The van der Waals surface area contributed by atoms with E-state index in [-0.39, 0.29) is 12.8 Å². The van der Waals surface area contributed by atoms with E-state index in [0.29, 0.717) is 12.8 Å². The third kappa shape index (κ3) is 16.8. The first-order valence-corrected chi connectivity index (χ1v) is 20.0. The lowest BCUT2D eigenvalue weighted by Crippen LogP contribution is -2.65. The van der Waals surface area contributed by atoms with Gasteiger partial charge in [0.2, 0.25) is 0 Å². The van der Waals surface area contributed by atoms with Gasteiger partial charge in [0, 0.05) is 0 Å². The molecule has 8 atom stereocenters. The number of allylic oxidation sites excluding steroid dienone is 2. The largest absolute Gasteiger partial charge is 0.481 e. The Kier molecular flexibility index (Phi) is 28.2. The van der Waals surface area contributed by atoms with Crippen molar-refractivity contribution in [1.29, 1.82) is 0 Å². The van der Waals surface area contributed by atoms with Crippen molar-refractivity contribution in [3.63, 3.8) is 0 Å². The number of aliphatic carboxylic acids is 1. The van der Waals surface area contributed by atoms with E-state index in [1.807, 2.05) is 12.2 Å². The predicted molar refractivity (Wildman–Crippen MR) is 203 cm³/mol. The van der Waals surface area contributed by atoms with Gasteiger partial charge in [-0.15, -0.1) is 0 Å². The fraction of sp³-hybridized carbons (Fsp3) is 0.923. The summed E-state index contributed by atoms with van der Waals surface area (Å²) in [6.45, 7) is -4.57. The summed E-state index contributed by atoms with van der Waals surface area (Å²) in [6, 6.07) is 0. The zero-order chi connectivity index (χ0) is 42.1. The molecule has 0 aromatic rings. The summed E-state index contributed by atoms with van der Waals surface area (Å²) in [5, 5.41) is 161. The molecule has 0 aromatic carbocycles. The average Bonchev–Trinajstić information content (AvgIpc) is 3.17. The number of hydrogen-bond acceptors (Lipinski definition) is 15. The number of carbonyl (C=O) groups is 1. The molecule has 0 heterocycles. The van der Waals surface area contributed by atoms with Gasteiger partial charge >= 0.3 is 5.97 Å². The predicted octanol–water partition coefficient (Wildman–Crippen LogP) is -0.673. The molecule has 328 valence electrons. The van der Waals surface area contributed by atoms with Crippen molar-refractivity contribution in [3.05, 3.63) is 12.2 Å². The summed E-state index contributed by atoms with van der Waals surface area (Å²) in [7, 11) is 0. The molecule has 0 aromatic heterocycles. The average molecular weight is 801 g/mol. The van der Waals surface area contributed by atoms with Gasteiger partial charge in [0.15, 0.2) is 0 Å². The van der Waals surface area contributed by atoms with E-state index in [9.17, 15) is 81.4 Å². The highest BCUT2D eigenvalue weighted by atomic mass is 16.4. The molecule has 0 aliphatic heterocycles. The van der Waals surface area contributed by atoms with Crippen molar-refractivity contribution in [2.45, 2.75) is 159 Å². The van der Waals surface area contributed by atoms with Crippen LogP contribution in [0.25, 0.3) is 0 Å². The topological polar surface area (TPSA) is 321 Å². The Morgan fingerprint density at radius 2 is 0.855 bits per heavy atom. The SMILES string of the molecule is CCCCCCCC/C=C\CCCC(CC(O)CO)C(CC(O)CO)(CC(O)CO)C(CC(O)CO)(CC(O)CO)C(CC(O)CO)(CC(O)CO)C(=O)O. The number of unbranched alkanes of at least 4 members (excludes halogenated alkanes) is 7. The lowest BCUT2D eigenvalue weighted by Gasteiger charge is -2.64. The number of rotatable bonds is 36. The molecule has 0 fully saturated rings. The Bertz CT molecular complexity index is 963. The van der Waals surface area contributed by atoms with Gasteiger partial charge in [0.1, 0.15) is 0 Å². The summed E-state index contributed by atoms with van der Waals surface area (Å²) in [4.78, 5) is 14.0. The zero-order valence-electron chi connectivity index (χ0n) is 32.9. The van der Waals surface area contributed by atoms with Gasteiger partial charge in [-0.3, -0.25) is 4.79 Å². The number of carboxylic acids is 1. The number of aliphatic hydroxyl groups excluding tert-OH is 14.